The van der Waals surface area contributed by atoms with Gasteiger partial charge in [0.2, 0.25) is 0 Å². The van der Waals surface area contributed by atoms with E-state index in [-0.39, 0.29) is 5.82 Å². The SMILES string of the molecule is C=C(c1ccc(F)cc1)c1ccc2c(-c3ccc4c(c3)oc3ccccc34)cccc2c1-c1ccccc1C. The first kappa shape index (κ1) is 23.2. The Morgan fingerprint density at radius 1 is 0.615 bits per heavy atom. The van der Waals surface area contributed by atoms with Crippen molar-refractivity contribution in [2.45, 2.75) is 6.92 Å². The van der Waals surface area contributed by atoms with Gasteiger partial charge in [-0.15, -0.1) is 0 Å². The number of hydrogen-bond donors (Lipinski definition) is 0. The fourth-order valence-electron chi connectivity index (χ4n) is 5.70. The lowest BCUT2D eigenvalue weighted by Crippen LogP contribution is -1.95. The van der Waals surface area contributed by atoms with Crippen LogP contribution in [0.15, 0.2) is 132 Å². The van der Waals surface area contributed by atoms with Gasteiger partial charge in [0.05, 0.1) is 0 Å². The van der Waals surface area contributed by atoms with E-state index in [1.165, 1.54) is 17.7 Å². The van der Waals surface area contributed by atoms with Gasteiger partial charge < -0.3 is 4.42 Å². The third kappa shape index (κ3) is 3.84. The van der Waals surface area contributed by atoms with Crippen molar-refractivity contribution in [3.63, 3.8) is 0 Å². The van der Waals surface area contributed by atoms with Gasteiger partial charge >= 0.3 is 0 Å². The Hall–Kier alpha value is -4.95. The van der Waals surface area contributed by atoms with E-state index in [2.05, 4.69) is 92.4 Å². The fourth-order valence-corrected chi connectivity index (χ4v) is 5.70. The predicted octanol–water partition coefficient (Wildman–Crippen LogP) is 10.6. The average Bonchev–Trinajstić information content (AvgIpc) is 3.34. The Bertz CT molecular complexity index is 2040. The molecule has 39 heavy (non-hydrogen) atoms. The summed E-state index contributed by atoms with van der Waals surface area (Å²) in [5.41, 5.74) is 10.3. The lowest BCUT2D eigenvalue weighted by molar-refractivity contribution is 0.627. The maximum Gasteiger partial charge on any atom is 0.136 e. The number of para-hydroxylation sites is 1. The van der Waals surface area contributed by atoms with E-state index >= 15 is 0 Å². The second kappa shape index (κ2) is 9.11. The third-order valence-corrected chi connectivity index (χ3v) is 7.68. The molecule has 0 fully saturated rings. The van der Waals surface area contributed by atoms with E-state index in [9.17, 15) is 4.39 Å². The molecule has 7 aromatic rings. The van der Waals surface area contributed by atoms with E-state index in [0.717, 1.165) is 71.7 Å². The molecule has 0 saturated heterocycles. The molecule has 0 spiro atoms. The summed E-state index contributed by atoms with van der Waals surface area (Å²) in [6.07, 6.45) is 0. The molecule has 0 bridgehead atoms. The number of benzene rings is 6. The minimum Gasteiger partial charge on any atom is -0.456 e. The fraction of sp³-hybridized carbons (Fsp3) is 0.0270. The van der Waals surface area contributed by atoms with Crippen molar-refractivity contribution in [1.82, 2.24) is 0 Å². The molecule has 7 rings (SSSR count). The van der Waals surface area contributed by atoms with Crippen LogP contribution < -0.4 is 0 Å². The molecule has 1 heterocycles. The normalized spacial score (nSPS) is 11.4. The van der Waals surface area contributed by atoms with Crippen molar-refractivity contribution in [3.8, 4) is 22.3 Å². The topological polar surface area (TPSA) is 13.1 Å². The molecule has 0 N–H and O–H groups in total. The van der Waals surface area contributed by atoms with Crippen LogP contribution in [0.1, 0.15) is 16.7 Å². The molecule has 2 heteroatoms. The van der Waals surface area contributed by atoms with Crippen LogP contribution in [0.5, 0.6) is 0 Å². The monoisotopic (exact) mass is 504 g/mol. The van der Waals surface area contributed by atoms with Gasteiger partial charge in [-0.25, -0.2) is 4.39 Å². The van der Waals surface area contributed by atoms with E-state index < -0.39 is 0 Å². The first-order valence-electron chi connectivity index (χ1n) is 13.1. The Balaban J connectivity index is 1.47. The number of aryl methyl sites for hydroxylation is 1. The summed E-state index contributed by atoms with van der Waals surface area (Å²) < 4.78 is 19.9. The number of hydrogen-bond acceptors (Lipinski definition) is 1. The van der Waals surface area contributed by atoms with E-state index in [1.807, 2.05) is 18.2 Å². The van der Waals surface area contributed by atoms with Crippen molar-refractivity contribution in [2.75, 3.05) is 0 Å². The number of rotatable bonds is 4. The molecule has 0 amide bonds. The highest BCUT2D eigenvalue weighted by molar-refractivity contribution is 6.11. The number of halogens is 1. The van der Waals surface area contributed by atoms with Crippen LogP contribution in [0, 0.1) is 12.7 Å². The Kier molecular flexibility index (Phi) is 5.42. The number of fused-ring (bicyclic) bond motifs is 4. The van der Waals surface area contributed by atoms with Crippen LogP contribution in [0.4, 0.5) is 4.39 Å². The molecule has 0 saturated carbocycles. The molecule has 1 nitrogen and oxygen atoms in total. The molecular formula is C37H25FO. The zero-order valence-corrected chi connectivity index (χ0v) is 21.5. The zero-order chi connectivity index (χ0) is 26.5. The van der Waals surface area contributed by atoms with Crippen LogP contribution in [-0.2, 0) is 0 Å². The summed E-state index contributed by atoms with van der Waals surface area (Å²) >= 11 is 0. The van der Waals surface area contributed by atoms with Crippen LogP contribution in [-0.4, -0.2) is 0 Å². The summed E-state index contributed by atoms with van der Waals surface area (Å²) in [6, 6.07) is 40.4. The summed E-state index contributed by atoms with van der Waals surface area (Å²) in [7, 11) is 0. The Labute approximate surface area is 226 Å². The molecule has 0 radical (unpaired) electrons. The van der Waals surface area contributed by atoms with Gasteiger partial charge in [-0.1, -0.05) is 97.6 Å². The first-order valence-corrected chi connectivity index (χ1v) is 13.1. The van der Waals surface area contributed by atoms with Gasteiger partial charge in [0.1, 0.15) is 17.0 Å². The Morgan fingerprint density at radius 2 is 1.31 bits per heavy atom. The highest BCUT2D eigenvalue weighted by Crippen LogP contribution is 2.42. The molecule has 1 aromatic heterocycles. The summed E-state index contributed by atoms with van der Waals surface area (Å²) in [4.78, 5) is 0. The first-order chi connectivity index (χ1) is 19.1. The molecular weight excluding hydrogens is 479 g/mol. The molecule has 186 valence electrons. The molecule has 0 aliphatic carbocycles. The minimum absolute atomic E-state index is 0.254. The van der Waals surface area contributed by atoms with Crippen molar-refractivity contribution < 1.29 is 8.81 Å². The van der Waals surface area contributed by atoms with E-state index in [0.29, 0.717) is 0 Å². The quantitative estimate of drug-likeness (QED) is 0.232. The van der Waals surface area contributed by atoms with E-state index in [4.69, 9.17) is 4.42 Å². The van der Waals surface area contributed by atoms with Gasteiger partial charge in [0, 0.05) is 10.8 Å². The second-order valence-electron chi connectivity index (χ2n) is 10.00. The van der Waals surface area contributed by atoms with Crippen LogP contribution in [0.25, 0.3) is 60.5 Å². The van der Waals surface area contributed by atoms with Crippen molar-refractivity contribution in [1.29, 1.82) is 0 Å². The van der Waals surface area contributed by atoms with Gasteiger partial charge in [0.25, 0.3) is 0 Å². The highest BCUT2D eigenvalue weighted by Gasteiger charge is 2.18. The van der Waals surface area contributed by atoms with Crippen molar-refractivity contribution in [2.24, 2.45) is 0 Å². The maximum absolute atomic E-state index is 13.7. The Morgan fingerprint density at radius 3 is 2.15 bits per heavy atom. The molecule has 0 aliphatic rings. The summed E-state index contributed by atoms with van der Waals surface area (Å²) in [6.45, 7) is 6.59. The summed E-state index contributed by atoms with van der Waals surface area (Å²) in [5.74, 6) is -0.254. The van der Waals surface area contributed by atoms with Gasteiger partial charge in [-0.2, -0.15) is 0 Å². The molecule has 0 unspecified atom stereocenters. The number of furan rings is 1. The smallest absolute Gasteiger partial charge is 0.136 e. The van der Waals surface area contributed by atoms with Gasteiger partial charge in [-0.3, -0.25) is 0 Å². The summed E-state index contributed by atoms with van der Waals surface area (Å²) in [5, 5.41) is 4.55. The van der Waals surface area contributed by atoms with Crippen molar-refractivity contribution >= 4 is 38.3 Å². The molecule has 0 aliphatic heterocycles. The molecule has 0 atom stereocenters. The van der Waals surface area contributed by atoms with Gasteiger partial charge in [-0.05, 0) is 92.5 Å². The minimum atomic E-state index is -0.254. The zero-order valence-electron chi connectivity index (χ0n) is 21.5. The van der Waals surface area contributed by atoms with Crippen LogP contribution in [0.2, 0.25) is 0 Å². The standard InChI is InChI=1S/C37H25FO/c1-23-8-3-4-9-28(23)37-29(24(2)25-14-17-27(38)18-15-25)20-21-31-30(11-7-12-34(31)37)26-16-19-33-32-10-5-6-13-35(32)39-36(33)22-26/h3-22H,2H2,1H3. The lowest BCUT2D eigenvalue weighted by Gasteiger charge is -2.19. The maximum atomic E-state index is 13.7. The average molecular weight is 505 g/mol. The molecule has 6 aromatic carbocycles. The van der Waals surface area contributed by atoms with Gasteiger partial charge in [0.15, 0.2) is 0 Å². The third-order valence-electron chi connectivity index (χ3n) is 7.68. The second-order valence-corrected chi connectivity index (χ2v) is 10.00. The highest BCUT2D eigenvalue weighted by atomic mass is 19.1. The van der Waals surface area contributed by atoms with E-state index in [1.54, 1.807) is 12.1 Å². The lowest BCUT2D eigenvalue weighted by atomic mass is 9.84. The van der Waals surface area contributed by atoms with Crippen LogP contribution in [0.3, 0.4) is 0 Å². The largest absolute Gasteiger partial charge is 0.456 e. The predicted molar refractivity (Wildman–Crippen MR) is 161 cm³/mol. The van der Waals surface area contributed by atoms with Crippen LogP contribution >= 0.6 is 0 Å². The van der Waals surface area contributed by atoms with Crippen molar-refractivity contribution in [3.05, 3.63) is 150 Å².